The van der Waals surface area contributed by atoms with E-state index in [1.54, 1.807) is 6.07 Å². The van der Waals surface area contributed by atoms with Crippen molar-refractivity contribution in [2.24, 2.45) is 5.41 Å². The summed E-state index contributed by atoms with van der Waals surface area (Å²) in [4.78, 5) is 17.9. The van der Waals surface area contributed by atoms with Gasteiger partial charge in [0.25, 0.3) is 5.91 Å². The van der Waals surface area contributed by atoms with Gasteiger partial charge < -0.3 is 4.90 Å². The predicted octanol–water partition coefficient (Wildman–Crippen LogP) is 3.26. The smallest absolute Gasteiger partial charge is 0.255 e. The molecule has 1 aromatic heterocycles. The average molecular weight is 273 g/mol. The van der Waals surface area contributed by atoms with Crippen molar-refractivity contribution in [1.29, 1.82) is 0 Å². The van der Waals surface area contributed by atoms with Crippen molar-refractivity contribution in [3.05, 3.63) is 28.0 Å². The van der Waals surface area contributed by atoms with Crippen molar-refractivity contribution in [2.45, 2.75) is 20.3 Å². The van der Waals surface area contributed by atoms with E-state index in [0.29, 0.717) is 10.6 Å². The Hall–Kier alpha value is -0.800. The van der Waals surface area contributed by atoms with E-state index in [1.807, 2.05) is 4.90 Å². The summed E-state index contributed by atoms with van der Waals surface area (Å²) in [5.74, 6) is -0.0263. The van der Waals surface area contributed by atoms with Gasteiger partial charge in [-0.2, -0.15) is 0 Å². The first kappa shape index (κ1) is 12.7. The van der Waals surface area contributed by atoms with E-state index in [4.69, 9.17) is 23.2 Å². The minimum absolute atomic E-state index is 0.0263. The molecule has 1 fully saturated rings. The van der Waals surface area contributed by atoms with E-state index < -0.39 is 0 Å². The number of amides is 1. The first-order valence-electron chi connectivity index (χ1n) is 5.49. The molecule has 17 heavy (non-hydrogen) atoms. The molecule has 0 bridgehead atoms. The molecule has 2 rings (SSSR count). The fraction of sp³-hybridized carbons (Fsp3) is 0.500. The van der Waals surface area contributed by atoms with Crippen molar-refractivity contribution in [3.8, 4) is 0 Å². The van der Waals surface area contributed by atoms with Crippen LogP contribution in [0.3, 0.4) is 0 Å². The largest absolute Gasteiger partial charge is 0.338 e. The van der Waals surface area contributed by atoms with E-state index in [9.17, 15) is 4.79 Å². The quantitative estimate of drug-likeness (QED) is 0.736. The molecular formula is C12H14Cl2N2O. The van der Waals surface area contributed by atoms with Crippen molar-refractivity contribution >= 4 is 29.1 Å². The molecule has 1 amide bonds. The highest BCUT2D eigenvalue weighted by Crippen LogP contribution is 2.30. The number of rotatable bonds is 1. The summed E-state index contributed by atoms with van der Waals surface area (Å²) in [5.41, 5.74) is 0.691. The molecule has 0 aliphatic carbocycles. The summed E-state index contributed by atoms with van der Waals surface area (Å²) >= 11 is 11.6. The minimum atomic E-state index is -0.0263. The van der Waals surface area contributed by atoms with E-state index in [0.717, 1.165) is 19.5 Å². The summed E-state index contributed by atoms with van der Waals surface area (Å²) in [7, 11) is 0. The monoisotopic (exact) mass is 272 g/mol. The van der Waals surface area contributed by atoms with Gasteiger partial charge in [-0.05, 0) is 17.9 Å². The van der Waals surface area contributed by atoms with Crippen molar-refractivity contribution < 1.29 is 4.79 Å². The Morgan fingerprint density at radius 1 is 1.47 bits per heavy atom. The molecule has 0 aromatic carbocycles. The Balaban J connectivity index is 2.18. The maximum Gasteiger partial charge on any atom is 0.255 e. The number of hydrogen-bond acceptors (Lipinski definition) is 2. The SMILES string of the molecule is CC1(C)CCN(C(=O)c2cnc(Cl)c(Cl)c2)C1. The number of carbonyl (C=O) groups excluding carboxylic acids is 1. The molecule has 0 spiro atoms. The maximum atomic E-state index is 12.2. The second-order valence-corrected chi connectivity index (χ2v) is 5.90. The summed E-state index contributed by atoms with van der Waals surface area (Å²) in [5, 5.41) is 0.543. The first-order chi connectivity index (χ1) is 7.89. The Morgan fingerprint density at radius 2 is 2.18 bits per heavy atom. The fourth-order valence-electron chi connectivity index (χ4n) is 2.01. The van der Waals surface area contributed by atoms with Crippen LogP contribution in [0.2, 0.25) is 10.2 Å². The van der Waals surface area contributed by atoms with E-state index in [2.05, 4.69) is 18.8 Å². The highest BCUT2D eigenvalue weighted by molar-refractivity contribution is 6.41. The van der Waals surface area contributed by atoms with Gasteiger partial charge >= 0.3 is 0 Å². The average Bonchev–Trinajstić information content (AvgIpc) is 2.62. The first-order valence-corrected chi connectivity index (χ1v) is 6.25. The molecule has 1 aliphatic heterocycles. The van der Waals surface area contributed by atoms with Crippen LogP contribution in [0, 0.1) is 5.41 Å². The third-order valence-corrected chi connectivity index (χ3v) is 3.69. The third-order valence-electron chi connectivity index (χ3n) is 3.01. The summed E-state index contributed by atoms with van der Waals surface area (Å²) in [6, 6.07) is 1.57. The van der Waals surface area contributed by atoms with Crippen LogP contribution in [-0.2, 0) is 0 Å². The highest BCUT2D eigenvalue weighted by atomic mass is 35.5. The molecule has 1 aliphatic rings. The van der Waals surface area contributed by atoms with Crippen molar-refractivity contribution in [2.75, 3.05) is 13.1 Å². The Bertz CT molecular complexity index is 460. The van der Waals surface area contributed by atoms with Crippen LogP contribution in [0.25, 0.3) is 0 Å². The molecular weight excluding hydrogens is 259 g/mol. The van der Waals surface area contributed by atoms with Crippen LogP contribution in [0.4, 0.5) is 0 Å². The van der Waals surface area contributed by atoms with Crippen LogP contribution in [0.15, 0.2) is 12.3 Å². The van der Waals surface area contributed by atoms with Gasteiger partial charge in [0.15, 0.2) is 0 Å². The standard InChI is InChI=1S/C12H14Cl2N2O/c1-12(2)3-4-16(7-12)11(17)8-5-9(13)10(14)15-6-8/h5-6H,3-4,7H2,1-2H3. The Kier molecular flexibility index (Phi) is 3.32. The molecule has 92 valence electrons. The second kappa shape index (κ2) is 4.46. The van der Waals surface area contributed by atoms with Crippen LogP contribution in [0.1, 0.15) is 30.6 Å². The maximum absolute atomic E-state index is 12.2. The number of likely N-dealkylation sites (tertiary alicyclic amines) is 1. The van der Waals surface area contributed by atoms with E-state index >= 15 is 0 Å². The Labute approximate surface area is 111 Å². The van der Waals surface area contributed by atoms with Gasteiger partial charge in [-0.1, -0.05) is 37.0 Å². The van der Waals surface area contributed by atoms with Gasteiger partial charge in [-0.15, -0.1) is 0 Å². The van der Waals surface area contributed by atoms with E-state index in [1.165, 1.54) is 6.20 Å². The molecule has 2 heterocycles. The molecule has 0 saturated carbocycles. The van der Waals surface area contributed by atoms with Gasteiger partial charge in [0.1, 0.15) is 5.15 Å². The zero-order chi connectivity index (χ0) is 12.6. The number of pyridine rings is 1. The third kappa shape index (κ3) is 2.72. The molecule has 0 atom stereocenters. The summed E-state index contributed by atoms with van der Waals surface area (Å²) in [6.45, 7) is 5.87. The lowest BCUT2D eigenvalue weighted by Crippen LogP contribution is -2.30. The molecule has 0 N–H and O–H groups in total. The molecule has 3 nitrogen and oxygen atoms in total. The summed E-state index contributed by atoms with van der Waals surface area (Å²) < 4.78 is 0. The summed E-state index contributed by atoms with van der Waals surface area (Å²) in [6.07, 6.45) is 2.50. The lowest BCUT2D eigenvalue weighted by atomic mass is 9.93. The zero-order valence-corrected chi connectivity index (χ0v) is 11.3. The van der Waals surface area contributed by atoms with Crippen molar-refractivity contribution in [1.82, 2.24) is 9.88 Å². The normalized spacial score (nSPS) is 18.5. The molecule has 1 aromatic rings. The zero-order valence-electron chi connectivity index (χ0n) is 9.83. The van der Waals surface area contributed by atoms with Gasteiger partial charge in [0.2, 0.25) is 0 Å². The number of nitrogens with zero attached hydrogens (tertiary/aromatic N) is 2. The predicted molar refractivity (Wildman–Crippen MR) is 68.6 cm³/mol. The number of hydrogen-bond donors (Lipinski definition) is 0. The van der Waals surface area contributed by atoms with E-state index in [-0.39, 0.29) is 16.5 Å². The van der Waals surface area contributed by atoms with Crippen LogP contribution >= 0.6 is 23.2 Å². The second-order valence-electron chi connectivity index (χ2n) is 5.14. The topological polar surface area (TPSA) is 33.2 Å². The van der Waals surface area contributed by atoms with Gasteiger partial charge in [0, 0.05) is 19.3 Å². The van der Waals surface area contributed by atoms with Crippen LogP contribution in [0.5, 0.6) is 0 Å². The Morgan fingerprint density at radius 3 is 2.71 bits per heavy atom. The van der Waals surface area contributed by atoms with Gasteiger partial charge in [-0.3, -0.25) is 4.79 Å². The molecule has 0 radical (unpaired) electrons. The lowest BCUT2D eigenvalue weighted by molar-refractivity contribution is 0.0778. The number of halogens is 2. The molecule has 5 heteroatoms. The van der Waals surface area contributed by atoms with Crippen molar-refractivity contribution in [3.63, 3.8) is 0 Å². The van der Waals surface area contributed by atoms with Gasteiger partial charge in [-0.25, -0.2) is 4.98 Å². The number of carbonyl (C=O) groups is 1. The molecule has 1 saturated heterocycles. The minimum Gasteiger partial charge on any atom is -0.338 e. The number of aromatic nitrogens is 1. The van der Waals surface area contributed by atoms with Crippen LogP contribution < -0.4 is 0 Å². The fourth-order valence-corrected chi connectivity index (χ4v) is 2.28. The highest BCUT2D eigenvalue weighted by Gasteiger charge is 2.32. The lowest BCUT2D eigenvalue weighted by Gasteiger charge is -2.19. The van der Waals surface area contributed by atoms with Crippen LogP contribution in [-0.4, -0.2) is 28.9 Å². The molecule has 0 unspecified atom stereocenters. The van der Waals surface area contributed by atoms with Gasteiger partial charge in [0.05, 0.1) is 10.6 Å².